The fourth-order valence-corrected chi connectivity index (χ4v) is 1.58. The molecule has 0 saturated heterocycles. The molecular weight excluding hydrogens is 246 g/mol. The summed E-state index contributed by atoms with van der Waals surface area (Å²) < 4.78 is 0. The molecular formula is C14H17NO4. The van der Waals surface area contributed by atoms with Crippen LogP contribution in [-0.2, 0) is 4.79 Å². The first-order valence-corrected chi connectivity index (χ1v) is 5.84. The third-order valence-corrected chi connectivity index (χ3v) is 2.70. The number of carboxylic acid groups (broad SMARTS) is 1. The first kappa shape index (κ1) is 14.9. The van der Waals surface area contributed by atoms with Crippen LogP contribution in [0.5, 0.6) is 0 Å². The van der Waals surface area contributed by atoms with Crippen molar-refractivity contribution >= 4 is 18.2 Å². The standard InChI is InChI=1S/C14H17NO4/c1-14(2,3)11(13(18)19)15-12(17)10-6-4-9(8-16)5-7-10/h4-8,11H,1-3H3,(H,15,17)(H,18,19)/t11-/m1/s1. The van der Waals surface area contributed by atoms with Crippen LogP contribution < -0.4 is 5.32 Å². The number of hydrogen-bond donors (Lipinski definition) is 2. The predicted octanol–water partition coefficient (Wildman–Crippen LogP) is 1.73. The van der Waals surface area contributed by atoms with Gasteiger partial charge in [0.05, 0.1) is 0 Å². The number of benzene rings is 1. The average molecular weight is 263 g/mol. The highest BCUT2D eigenvalue weighted by atomic mass is 16.4. The van der Waals surface area contributed by atoms with Gasteiger partial charge in [-0.05, 0) is 17.5 Å². The Hall–Kier alpha value is -2.17. The monoisotopic (exact) mass is 263 g/mol. The fraction of sp³-hybridized carbons (Fsp3) is 0.357. The zero-order chi connectivity index (χ0) is 14.6. The van der Waals surface area contributed by atoms with Crippen LogP contribution in [0.3, 0.4) is 0 Å². The minimum Gasteiger partial charge on any atom is -0.480 e. The van der Waals surface area contributed by atoms with E-state index < -0.39 is 23.3 Å². The summed E-state index contributed by atoms with van der Waals surface area (Å²) in [6.45, 7) is 5.21. The van der Waals surface area contributed by atoms with Crippen LogP contribution in [0.25, 0.3) is 0 Å². The topological polar surface area (TPSA) is 83.5 Å². The van der Waals surface area contributed by atoms with Crippen LogP contribution in [0, 0.1) is 5.41 Å². The summed E-state index contributed by atoms with van der Waals surface area (Å²) in [6.07, 6.45) is 0.677. The summed E-state index contributed by atoms with van der Waals surface area (Å²) in [7, 11) is 0. The van der Waals surface area contributed by atoms with Crippen LogP contribution in [0.4, 0.5) is 0 Å². The smallest absolute Gasteiger partial charge is 0.326 e. The summed E-state index contributed by atoms with van der Waals surface area (Å²) in [5.74, 6) is -1.55. The number of rotatable bonds is 4. The van der Waals surface area contributed by atoms with Gasteiger partial charge in [-0.25, -0.2) is 4.79 Å². The molecule has 19 heavy (non-hydrogen) atoms. The molecule has 0 unspecified atom stereocenters. The number of carboxylic acids is 1. The van der Waals surface area contributed by atoms with Crippen molar-refractivity contribution in [1.82, 2.24) is 5.32 Å². The molecule has 0 aliphatic carbocycles. The molecule has 1 rings (SSSR count). The average Bonchev–Trinajstić information content (AvgIpc) is 2.34. The lowest BCUT2D eigenvalue weighted by molar-refractivity contribution is -0.142. The molecule has 0 heterocycles. The highest BCUT2D eigenvalue weighted by molar-refractivity contribution is 5.97. The number of aliphatic carboxylic acids is 1. The minimum atomic E-state index is -1.08. The molecule has 2 N–H and O–H groups in total. The summed E-state index contributed by atoms with van der Waals surface area (Å²) in [4.78, 5) is 33.6. The fourth-order valence-electron chi connectivity index (χ4n) is 1.58. The molecule has 102 valence electrons. The van der Waals surface area contributed by atoms with E-state index in [1.165, 1.54) is 24.3 Å². The Morgan fingerprint density at radius 1 is 1.21 bits per heavy atom. The molecule has 0 fully saturated rings. The van der Waals surface area contributed by atoms with Crippen molar-refractivity contribution in [2.24, 2.45) is 5.41 Å². The summed E-state index contributed by atoms with van der Waals surface area (Å²) in [5.41, 5.74) is 0.188. The molecule has 1 amide bonds. The van der Waals surface area contributed by atoms with E-state index in [4.69, 9.17) is 5.11 Å². The molecule has 5 nitrogen and oxygen atoms in total. The Morgan fingerprint density at radius 3 is 2.11 bits per heavy atom. The molecule has 0 spiro atoms. The summed E-state index contributed by atoms with van der Waals surface area (Å²) >= 11 is 0. The van der Waals surface area contributed by atoms with Crippen molar-refractivity contribution in [2.75, 3.05) is 0 Å². The third kappa shape index (κ3) is 3.91. The lowest BCUT2D eigenvalue weighted by atomic mass is 9.86. The van der Waals surface area contributed by atoms with E-state index in [9.17, 15) is 14.4 Å². The third-order valence-electron chi connectivity index (χ3n) is 2.70. The minimum absolute atomic E-state index is 0.320. The molecule has 1 aromatic carbocycles. The molecule has 1 aromatic rings. The van der Waals surface area contributed by atoms with Crippen LogP contribution in [0.2, 0.25) is 0 Å². The van der Waals surface area contributed by atoms with Gasteiger partial charge in [0.1, 0.15) is 12.3 Å². The lowest BCUT2D eigenvalue weighted by Crippen LogP contribution is -2.49. The second kappa shape index (κ2) is 5.65. The van der Waals surface area contributed by atoms with Crippen molar-refractivity contribution < 1.29 is 19.5 Å². The Kier molecular flexibility index (Phi) is 4.43. The van der Waals surface area contributed by atoms with E-state index >= 15 is 0 Å². The summed E-state index contributed by atoms with van der Waals surface area (Å²) in [6, 6.07) is 5.01. The normalized spacial score (nSPS) is 12.6. The van der Waals surface area contributed by atoms with Gasteiger partial charge in [-0.2, -0.15) is 0 Å². The van der Waals surface area contributed by atoms with Crippen LogP contribution in [0.15, 0.2) is 24.3 Å². The van der Waals surface area contributed by atoms with Gasteiger partial charge in [0.2, 0.25) is 0 Å². The maximum Gasteiger partial charge on any atom is 0.326 e. The van der Waals surface area contributed by atoms with Gasteiger partial charge in [0.15, 0.2) is 0 Å². The zero-order valence-corrected chi connectivity index (χ0v) is 11.1. The summed E-state index contributed by atoms with van der Waals surface area (Å²) in [5, 5.41) is 11.6. The molecule has 0 radical (unpaired) electrons. The number of carbonyl (C=O) groups is 3. The van der Waals surface area contributed by atoms with Crippen molar-refractivity contribution in [2.45, 2.75) is 26.8 Å². The number of amides is 1. The van der Waals surface area contributed by atoms with Crippen LogP contribution in [0.1, 0.15) is 41.5 Å². The van der Waals surface area contributed by atoms with Gasteiger partial charge in [0, 0.05) is 11.1 Å². The van der Waals surface area contributed by atoms with Gasteiger partial charge < -0.3 is 10.4 Å². The Labute approximate surface area is 111 Å². The van der Waals surface area contributed by atoms with E-state index in [2.05, 4.69) is 5.32 Å². The highest BCUT2D eigenvalue weighted by Gasteiger charge is 2.32. The van der Waals surface area contributed by atoms with Gasteiger partial charge in [0.25, 0.3) is 5.91 Å². The number of aldehydes is 1. The number of carbonyl (C=O) groups excluding carboxylic acids is 2. The highest BCUT2D eigenvalue weighted by Crippen LogP contribution is 2.20. The van der Waals surface area contributed by atoms with E-state index in [1.54, 1.807) is 20.8 Å². The molecule has 0 saturated carbocycles. The second-order valence-corrected chi connectivity index (χ2v) is 5.35. The maximum atomic E-state index is 11.9. The van der Waals surface area contributed by atoms with E-state index in [0.717, 1.165) is 0 Å². The largest absolute Gasteiger partial charge is 0.480 e. The molecule has 0 aliphatic heterocycles. The van der Waals surface area contributed by atoms with Crippen LogP contribution >= 0.6 is 0 Å². The van der Waals surface area contributed by atoms with Crippen LogP contribution in [-0.4, -0.2) is 29.3 Å². The van der Waals surface area contributed by atoms with Crippen molar-refractivity contribution in [1.29, 1.82) is 0 Å². The van der Waals surface area contributed by atoms with Crippen molar-refractivity contribution in [3.05, 3.63) is 35.4 Å². The zero-order valence-electron chi connectivity index (χ0n) is 11.1. The molecule has 0 aromatic heterocycles. The Bertz CT molecular complexity index is 485. The number of hydrogen-bond acceptors (Lipinski definition) is 3. The van der Waals surface area contributed by atoms with E-state index in [0.29, 0.717) is 17.4 Å². The molecule has 0 bridgehead atoms. The first-order valence-electron chi connectivity index (χ1n) is 5.84. The van der Waals surface area contributed by atoms with Gasteiger partial charge in [-0.3, -0.25) is 9.59 Å². The number of nitrogens with one attached hydrogen (secondary N) is 1. The lowest BCUT2D eigenvalue weighted by Gasteiger charge is -2.27. The van der Waals surface area contributed by atoms with Crippen molar-refractivity contribution in [3.63, 3.8) is 0 Å². The van der Waals surface area contributed by atoms with Crippen molar-refractivity contribution in [3.8, 4) is 0 Å². The maximum absolute atomic E-state index is 11.9. The van der Waals surface area contributed by atoms with Gasteiger partial charge in [-0.15, -0.1) is 0 Å². The van der Waals surface area contributed by atoms with E-state index in [-0.39, 0.29) is 0 Å². The Balaban J connectivity index is 2.87. The molecule has 1 atom stereocenters. The Morgan fingerprint density at radius 2 is 1.74 bits per heavy atom. The molecule has 0 aliphatic rings. The second-order valence-electron chi connectivity index (χ2n) is 5.35. The van der Waals surface area contributed by atoms with Gasteiger partial charge >= 0.3 is 5.97 Å². The molecule has 5 heteroatoms. The SMILES string of the molecule is CC(C)(C)[C@H](NC(=O)c1ccc(C=O)cc1)C(=O)O. The predicted molar refractivity (Wildman–Crippen MR) is 70.2 cm³/mol. The first-order chi connectivity index (χ1) is 8.75. The quantitative estimate of drug-likeness (QED) is 0.810. The van der Waals surface area contributed by atoms with Gasteiger partial charge in [-0.1, -0.05) is 32.9 Å². The van der Waals surface area contributed by atoms with E-state index in [1.807, 2.05) is 0 Å².